The van der Waals surface area contributed by atoms with Crippen LogP contribution in [-0.2, 0) is 0 Å². The Morgan fingerprint density at radius 1 is 1.13 bits per heavy atom. The van der Waals surface area contributed by atoms with Crippen LogP contribution in [0, 0.1) is 5.41 Å². The first kappa shape index (κ1) is 18.1. The average molecular weight is 399 g/mol. The second-order valence-electron chi connectivity index (χ2n) is 7.37. The van der Waals surface area contributed by atoms with Crippen molar-refractivity contribution >= 4 is 34.7 Å². The van der Waals surface area contributed by atoms with Gasteiger partial charge in [-0.3, -0.25) is 0 Å². The van der Waals surface area contributed by atoms with Gasteiger partial charge < -0.3 is 30.9 Å². The highest BCUT2D eigenvalue weighted by Crippen LogP contribution is 2.30. The Balaban J connectivity index is 1.47. The molecule has 150 valence electrons. The molecular weight excluding hydrogens is 378 g/mol. The second kappa shape index (κ2) is 7.16. The highest BCUT2D eigenvalue weighted by Gasteiger charge is 2.24. The normalized spacial score (nSPS) is 14.0. The maximum atomic E-state index is 9.47. The number of hydrogen-bond donors (Lipinski definition) is 4. The highest BCUT2D eigenvalue weighted by atomic mass is 16.3. The first-order chi connectivity index (χ1) is 14.6. The number of nitrogens with zero attached hydrogens (tertiary/aromatic N) is 4. The van der Waals surface area contributed by atoms with Gasteiger partial charge in [-0.25, -0.2) is 9.97 Å². The van der Waals surface area contributed by atoms with Gasteiger partial charge >= 0.3 is 0 Å². The molecule has 5 N–H and O–H groups in total. The number of rotatable bonds is 5. The average Bonchev–Trinajstić information content (AvgIpc) is 3.21. The van der Waals surface area contributed by atoms with E-state index in [1.165, 1.54) is 6.21 Å². The number of nitrogens with two attached hydrogens (primary N) is 1. The summed E-state index contributed by atoms with van der Waals surface area (Å²) in [6, 6.07) is 11.6. The van der Waals surface area contributed by atoms with Crippen molar-refractivity contribution in [3.8, 4) is 11.1 Å². The number of aliphatic hydroxyl groups is 1. The smallest absolute Gasteiger partial charge is 0.160 e. The topological polar surface area (TPSA) is 116 Å². The monoisotopic (exact) mass is 399 g/mol. The lowest BCUT2D eigenvalue weighted by molar-refractivity contribution is 0.142. The summed E-state index contributed by atoms with van der Waals surface area (Å²) in [5.41, 5.74) is 11.9. The Labute approximate surface area is 173 Å². The molecule has 0 bridgehead atoms. The van der Waals surface area contributed by atoms with E-state index in [2.05, 4.69) is 20.2 Å². The molecule has 0 radical (unpaired) electrons. The van der Waals surface area contributed by atoms with Crippen LogP contribution in [0.4, 0.5) is 22.9 Å². The SMILES string of the molecule is N=Cc1ccc(-c2cc(Nc3ccc(N4CC(O)C4)cn3)c3nccn3c2)cc1N. The number of nitrogens with one attached hydrogen (secondary N) is 2. The molecule has 0 unspecified atom stereocenters. The minimum atomic E-state index is -0.249. The third-order valence-corrected chi connectivity index (χ3v) is 5.30. The van der Waals surface area contributed by atoms with Crippen molar-refractivity contribution in [3.63, 3.8) is 0 Å². The number of β-amino-alcohol motifs (C(OH)–C–C–N with tert-alkyl or cyclic N) is 1. The van der Waals surface area contributed by atoms with Crippen molar-refractivity contribution in [2.75, 3.05) is 29.0 Å². The van der Waals surface area contributed by atoms with Crippen LogP contribution >= 0.6 is 0 Å². The van der Waals surface area contributed by atoms with E-state index in [0.717, 1.165) is 28.1 Å². The van der Waals surface area contributed by atoms with Crippen molar-refractivity contribution in [1.29, 1.82) is 5.41 Å². The predicted octanol–water partition coefficient (Wildman–Crippen LogP) is 2.90. The molecule has 1 aliphatic rings. The fourth-order valence-corrected chi connectivity index (χ4v) is 3.62. The second-order valence-corrected chi connectivity index (χ2v) is 7.37. The van der Waals surface area contributed by atoms with E-state index in [9.17, 15) is 5.11 Å². The summed E-state index contributed by atoms with van der Waals surface area (Å²) >= 11 is 0. The molecule has 3 aromatic heterocycles. The van der Waals surface area contributed by atoms with Crippen LogP contribution in [0.3, 0.4) is 0 Å². The van der Waals surface area contributed by atoms with Gasteiger partial charge in [0, 0.05) is 54.7 Å². The van der Waals surface area contributed by atoms with E-state index in [0.29, 0.717) is 30.2 Å². The molecule has 0 atom stereocenters. The molecule has 1 aliphatic heterocycles. The van der Waals surface area contributed by atoms with E-state index in [4.69, 9.17) is 11.1 Å². The summed E-state index contributed by atoms with van der Waals surface area (Å²) in [5.74, 6) is 0.709. The summed E-state index contributed by atoms with van der Waals surface area (Å²) in [7, 11) is 0. The molecule has 1 aromatic carbocycles. The van der Waals surface area contributed by atoms with Crippen LogP contribution in [0.1, 0.15) is 5.56 Å². The molecule has 5 rings (SSSR count). The number of nitrogen functional groups attached to an aromatic ring is 1. The van der Waals surface area contributed by atoms with Gasteiger partial charge in [0.1, 0.15) is 5.82 Å². The van der Waals surface area contributed by atoms with Crippen molar-refractivity contribution < 1.29 is 5.11 Å². The summed E-state index contributed by atoms with van der Waals surface area (Å²) in [6.07, 6.45) is 8.45. The molecule has 1 fully saturated rings. The van der Waals surface area contributed by atoms with Crippen LogP contribution < -0.4 is 16.0 Å². The zero-order chi connectivity index (χ0) is 20.7. The number of imidazole rings is 1. The number of hydrogen-bond acceptors (Lipinski definition) is 7. The number of benzene rings is 1. The van der Waals surface area contributed by atoms with Crippen molar-refractivity contribution in [1.82, 2.24) is 14.4 Å². The van der Waals surface area contributed by atoms with Crippen LogP contribution in [0.25, 0.3) is 16.8 Å². The summed E-state index contributed by atoms with van der Waals surface area (Å²) < 4.78 is 1.95. The maximum absolute atomic E-state index is 9.47. The number of aromatic nitrogens is 3. The number of pyridine rings is 2. The lowest BCUT2D eigenvalue weighted by Gasteiger charge is -2.37. The summed E-state index contributed by atoms with van der Waals surface area (Å²) in [5, 5.41) is 20.3. The number of fused-ring (bicyclic) bond motifs is 1. The number of anilines is 4. The van der Waals surface area contributed by atoms with Gasteiger partial charge in [-0.1, -0.05) is 12.1 Å². The Morgan fingerprint density at radius 2 is 2.00 bits per heavy atom. The Kier molecular flexibility index (Phi) is 4.33. The van der Waals surface area contributed by atoms with E-state index in [-0.39, 0.29) is 6.10 Å². The van der Waals surface area contributed by atoms with Crippen LogP contribution in [0.5, 0.6) is 0 Å². The Morgan fingerprint density at radius 3 is 2.70 bits per heavy atom. The van der Waals surface area contributed by atoms with Gasteiger partial charge in [0.15, 0.2) is 5.65 Å². The lowest BCUT2D eigenvalue weighted by atomic mass is 10.0. The largest absolute Gasteiger partial charge is 0.398 e. The first-order valence-electron chi connectivity index (χ1n) is 9.64. The molecule has 0 amide bonds. The van der Waals surface area contributed by atoms with E-state index >= 15 is 0 Å². The van der Waals surface area contributed by atoms with Gasteiger partial charge in [-0.15, -0.1) is 0 Å². The van der Waals surface area contributed by atoms with Gasteiger partial charge in [0.05, 0.1) is 23.7 Å². The Bertz CT molecular complexity index is 1230. The molecule has 0 aliphatic carbocycles. The standard InChI is InChI=1S/C22H21N7O/c23-9-15-2-1-14(7-19(15)24)16-8-20(22-25-5-6-28(22)11-16)27-21-4-3-17(10-26-21)29-12-18(30)13-29/h1-11,18,23,30H,12-13,24H2,(H,26,27). The molecule has 1 saturated heterocycles. The molecule has 4 aromatic rings. The Hall–Kier alpha value is -3.91. The summed E-state index contributed by atoms with van der Waals surface area (Å²) in [4.78, 5) is 11.0. The third kappa shape index (κ3) is 3.23. The third-order valence-electron chi connectivity index (χ3n) is 5.30. The van der Waals surface area contributed by atoms with Crippen LogP contribution in [0.15, 0.2) is 61.2 Å². The molecule has 0 saturated carbocycles. The minimum absolute atomic E-state index is 0.249. The van der Waals surface area contributed by atoms with Crippen molar-refractivity contribution in [2.45, 2.75) is 6.10 Å². The van der Waals surface area contributed by atoms with E-state index in [1.807, 2.05) is 53.2 Å². The summed E-state index contributed by atoms with van der Waals surface area (Å²) in [6.45, 7) is 1.29. The molecule has 8 heteroatoms. The van der Waals surface area contributed by atoms with Crippen molar-refractivity contribution in [3.05, 3.63) is 66.7 Å². The quantitative estimate of drug-likeness (QED) is 0.303. The highest BCUT2D eigenvalue weighted by molar-refractivity contribution is 5.88. The zero-order valence-corrected chi connectivity index (χ0v) is 16.2. The lowest BCUT2D eigenvalue weighted by Crippen LogP contribution is -2.50. The molecule has 0 spiro atoms. The maximum Gasteiger partial charge on any atom is 0.160 e. The first-order valence-corrected chi connectivity index (χ1v) is 9.64. The predicted molar refractivity (Wildman–Crippen MR) is 119 cm³/mol. The van der Waals surface area contributed by atoms with Gasteiger partial charge in [0.25, 0.3) is 0 Å². The fourth-order valence-electron chi connectivity index (χ4n) is 3.62. The molecule has 4 heterocycles. The van der Waals surface area contributed by atoms with Crippen molar-refractivity contribution in [2.24, 2.45) is 0 Å². The van der Waals surface area contributed by atoms with Gasteiger partial charge in [0.2, 0.25) is 0 Å². The molecular formula is C22H21N7O. The molecule has 8 nitrogen and oxygen atoms in total. The fraction of sp³-hybridized carbons (Fsp3) is 0.136. The van der Waals surface area contributed by atoms with Crippen LogP contribution in [-0.4, -0.2) is 44.9 Å². The van der Waals surface area contributed by atoms with Crippen LogP contribution in [0.2, 0.25) is 0 Å². The van der Waals surface area contributed by atoms with Gasteiger partial charge in [-0.05, 0) is 29.8 Å². The van der Waals surface area contributed by atoms with E-state index in [1.54, 1.807) is 12.4 Å². The molecule has 30 heavy (non-hydrogen) atoms. The van der Waals surface area contributed by atoms with Gasteiger partial charge in [-0.2, -0.15) is 0 Å². The minimum Gasteiger partial charge on any atom is -0.398 e. The zero-order valence-electron chi connectivity index (χ0n) is 16.2. The number of aliphatic hydroxyl groups excluding tert-OH is 1. The van der Waals surface area contributed by atoms with E-state index < -0.39 is 0 Å².